The molecule has 5 nitrogen and oxygen atoms in total. The Bertz CT molecular complexity index is 842. The molecule has 0 spiro atoms. The van der Waals surface area contributed by atoms with Crippen LogP contribution in [0.5, 0.6) is 5.75 Å². The van der Waals surface area contributed by atoms with Crippen molar-refractivity contribution in [2.24, 2.45) is 0 Å². The number of hydrogen-bond donors (Lipinski definition) is 1. The smallest absolute Gasteiger partial charge is 0.158 e. The summed E-state index contributed by atoms with van der Waals surface area (Å²) in [6.45, 7) is 5.06. The molecule has 1 aliphatic heterocycles. The van der Waals surface area contributed by atoms with E-state index in [1.807, 2.05) is 30.3 Å². The van der Waals surface area contributed by atoms with Gasteiger partial charge < -0.3 is 14.4 Å². The second-order valence-electron chi connectivity index (χ2n) is 6.21. The van der Waals surface area contributed by atoms with Gasteiger partial charge in [0.1, 0.15) is 25.4 Å². The van der Waals surface area contributed by atoms with Gasteiger partial charge in [-0.05, 0) is 36.4 Å². The molecule has 0 amide bonds. The number of morpholine rings is 1. The first kappa shape index (κ1) is 16.6. The maximum atomic E-state index is 5.97. The minimum atomic E-state index is 0.458. The Morgan fingerprint density at radius 3 is 2.64 bits per heavy atom. The van der Waals surface area contributed by atoms with Crippen molar-refractivity contribution in [2.45, 2.75) is 13.3 Å². The zero-order chi connectivity index (χ0) is 17.1. The zero-order valence-corrected chi connectivity index (χ0v) is 15.5. The minimum Gasteiger partial charge on any atom is -0.486 e. The Labute approximate surface area is 155 Å². The molecule has 2 heterocycles. The third-order valence-corrected chi connectivity index (χ3v) is 5.03. The predicted molar refractivity (Wildman–Crippen MR) is 99.7 cm³/mol. The largest absolute Gasteiger partial charge is 0.486 e. The lowest BCUT2D eigenvalue weighted by atomic mass is 10.3. The monoisotopic (exact) mass is 402 g/mol. The van der Waals surface area contributed by atoms with Gasteiger partial charge >= 0.3 is 0 Å². The van der Waals surface area contributed by atoms with Gasteiger partial charge in [-0.25, -0.2) is 4.98 Å². The van der Waals surface area contributed by atoms with Crippen molar-refractivity contribution in [1.29, 1.82) is 0 Å². The molecule has 0 unspecified atom stereocenters. The highest BCUT2D eigenvalue weighted by Crippen LogP contribution is 2.19. The summed E-state index contributed by atoms with van der Waals surface area (Å²) in [7, 11) is 0. The van der Waals surface area contributed by atoms with Crippen LogP contribution in [0.2, 0.25) is 0 Å². The van der Waals surface area contributed by atoms with Gasteiger partial charge in [0.05, 0.1) is 24.2 Å². The quantitative estimate of drug-likeness (QED) is 0.711. The Hall–Kier alpha value is -1.89. The lowest BCUT2D eigenvalue weighted by molar-refractivity contribution is -0.930. The van der Waals surface area contributed by atoms with Crippen molar-refractivity contribution in [3.05, 3.63) is 58.8 Å². The van der Waals surface area contributed by atoms with E-state index in [9.17, 15) is 0 Å². The van der Waals surface area contributed by atoms with E-state index in [2.05, 4.69) is 38.7 Å². The molecule has 1 aliphatic rings. The van der Waals surface area contributed by atoms with E-state index in [4.69, 9.17) is 14.5 Å². The normalized spacial score (nSPS) is 15.6. The summed E-state index contributed by atoms with van der Waals surface area (Å²) in [5.41, 5.74) is 2.18. The van der Waals surface area contributed by atoms with Gasteiger partial charge in [0.2, 0.25) is 0 Å². The van der Waals surface area contributed by atoms with Crippen molar-refractivity contribution in [2.75, 3.05) is 26.3 Å². The molecule has 3 aromatic rings. The average Bonchev–Trinajstić information content (AvgIpc) is 3.00. The number of nitrogens with one attached hydrogen (secondary N) is 1. The van der Waals surface area contributed by atoms with E-state index in [0.29, 0.717) is 6.61 Å². The average molecular weight is 403 g/mol. The van der Waals surface area contributed by atoms with Crippen LogP contribution in [0.4, 0.5) is 0 Å². The van der Waals surface area contributed by atoms with Gasteiger partial charge in [-0.15, -0.1) is 0 Å². The third-order valence-electron chi connectivity index (χ3n) is 4.50. The zero-order valence-electron chi connectivity index (χ0n) is 14.0. The molecule has 2 aromatic carbocycles. The summed E-state index contributed by atoms with van der Waals surface area (Å²) in [4.78, 5) is 6.31. The molecule has 1 N–H and O–H groups in total. The van der Waals surface area contributed by atoms with Gasteiger partial charge in [0, 0.05) is 4.47 Å². The SMILES string of the molecule is Brc1ccc(OCc2nc3ccccc3n2C[NH+]2CCOCC2)cc1. The van der Waals surface area contributed by atoms with Crippen LogP contribution in [0.15, 0.2) is 53.0 Å². The summed E-state index contributed by atoms with van der Waals surface area (Å²) < 4.78 is 14.8. The molecule has 0 bridgehead atoms. The lowest BCUT2D eigenvalue weighted by Gasteiger charge is -2.25. The highest BCUT2D eigenvalue weighted by molar-refractivity contribution is 9.10. The number of fused-ring (bicyclic) bond motifs is 1. The molecule has 4 rings (SSSR count). The number of quaternary nitrogens is 1. The first-order valence-corrected chi connectivity index (χ1v) is 9.33. The van der Waals surface area contributed by atoms with Gasteiger partial charge in [-0.3, -0.25) is 4.57 Å². The summed E-state index contributed by atoms with van der Waals surface area (Å²) >= 11 is 3.45. The van der Waals surface area contributed by atoms with Crippen molar-refractivity contribution in [1.82, 2.24) is 9.55 Å². The molecule has 1 aromatic heterocycles. The van der Waals surface area contributed by atoms with Crippen LogP contribution < -0.4 is 9.64 Å². The molecule has 0 radical (unpaired) electrons. The number of imidazole rings is 1. The fourth-order valence-electron chi connectivity index (χ4n) is 3.13. The number of ether oxygens (including phenoxy) is 2. The van der Waals surface area contributed by atoms with Crippen molar-refractivity contribution in [3.8, 4) is 5.75 Å². The van der Waals surface area contributed by atoms with Crippen LogP contribution >= 0.6 is 15.9 Å². The van der Waals surface area contributed by atoms with Gasteiger partial charge in [0.25, 0.3) is 0 Å². The van der Waals surface area contributed by atoms with Crippen LogP contribution in [0.3, 0.4) is 0 Å². The van der Waals surface area contributed by atoms with Gasteiger partial charge in [0.15, 0.2) is 12.5 Å². The molecular weight excluding hydrogens is 382 g/mol. The maximum absolute atomic E-state index is 5.97. The van der Waals surface area contributed by atoms with E-state index in [-0.39, 0.29) is 0 Å². The lowest BCUT2D eigenvalue weighted by Crippen LogP contribution is -3.13. The second-order valence-corrected chi connectivity index (χ2v) is 7.12. The Kier molecular flexibility index (Phi) is 5.01. The summed E-state index contributed by atoms with van der Waals surface area (Å²) in [6.07, 6.45) is 0. The molecule has 0 aliphatic carbocycles. The molecule has 25 heavy (non-hydrogen) atoms. The molecular formula is C19H21BrN3O2+. The van der Waals surface area contributed by atoms with Crippen LogP contribution in [0, 0.1) is 0 Å². The standard InChI is InChI=1S/C19H20BrN3O2/c20-15-5-7-16(8-6-15)25-13-19-21-17-3-1-2-4-18(17)23(19)14-22-9-11-24-12-10-22/h1-8H,9-14H2/p+1. The number of halogens is 1. The Morgan fingerprint density at radius 2 is 1.84 bits per heavy atom. The number of aromatic nitrogens is 2. The fourth-order valence-corrected chi connectivity index (χ4v) is 3.40. The fraction of sp³-hybridized carbons (Fsp3) is 0.316. The topological polar surface area (TPSA) is 40.7 Å². The first-order chi connectivity index (χ1) is 12.3. The van der Waals surface area contributed by atoms with Crippen LogP contribution in [-0.4, -0.2) is 35.9 Å². The number of rotatable bonds is 5. The van der Waals surface area contributed by atoms with Crippen molar-refractivity contribution in [3.63, 3.8) is 0 Å². The Morgan fingerprint density at radius 1 is 1.08 bits per heavy atom. The minimum absolute atomic E-state index is 0.458. The second kappa shape index (κ2) is 7.56. The van der Waals surface area contributed by atoms with E-state index in [0.717, 1.165) is 60.1 Å². The van der Waals surface area contributed by atoms with E-state index in [1.54, 1.807) is 0 Å². The number of benzene rings is 2. The van der Waals surface area contributed by atoms with Crippen molar-refractivity contribution >= 4 is 27.0 Å². The van der Waals surface area contributed by atoms with Crippen LogP contribution in [-0.2, 0) is 18.0 Å². The van der Waals surface area contributed by atoms with E-state index >= 15 is 0 Å². The molecule has 1 saturated heterocycles. The van der Waals surface area contributed by atoms with E-state index in [1.165, 1.54) is 4.90 Å². The molecule has 0 saturated carbocycles. The van der Waals surface area contributed by atoms with Gasteiger partial charge in [-0.2, -0.15) is 0 Å². The number of para-hydroxylation sites is 2. The van der Waals surface area contributed by atoms with Crippen molar-refractivity contribution < 1.29 is 14.4 Å². The highest BCUT2D eigenvalue weighted by Gasteiger charge is 2.18. The van der Waals surface area contributed by atoms with Crippen LogP contribution in [0.25, 0.3) is 11.0 Å². The molecule has 1 fully saturated rings. The summed E-state index contributed by atoms with van der Waals surface area (Å²) in [5, 5.41) is 0. The highest BCUT2D eigenvalue weighted by atomic mass is 79.9. The molecule has 6 heteroatoms. The van der Waals surface area contributed by atoms with E-state index < -0.39 is 0 Å². The number of hydrogen-bond acceptors (Lipinski definition) is 3. The molecule has 130 valence electrons. The third kappa shape index (κ3) is 3.86. The molecule has 0 atom stereocenters. The summed E-state index contributed by atoms with van der Waals surface area (Å²) in [5.74, 6) is 1.81. The summed E-state index contributed by atoms with van der Waals surface area (Å²) in [6, 6.07) is 16.2. The van der Waals surface area contributed by atoms with Gasteiger partial charge in [-0.1, -0.05) is 28.1 Å². The maximum Gasteiger partial charge on any atom is 0.158 e. The predicted octanol–water partition coefficient (Wildman–Crippen LogP) is 2.25. The Balaban J connectivity index is 1.58. The van der Waals surface area contributed by atoms with Crippen LogP contribution in [0.1, 0.15) is 5.82 Å². The first-order valence-electron chi connectivity index (χ1n) is 8.53. The number of nitrogens with zero attached hydrogens (tertiary/aromatic N) is 2.